The Morgan fingerprint density at radius 1 is 1.32 bits per heavy atom. The number of hydrogen-bond acceptors (Lipinski definition) is 4. The van der Waals surface area contributed by atoms with Gasteiger partial charge >= 0.3 is 0 Å². The Bertz CT molecular complexity index is 489. The van der Waals surface area contributed by atoms with Crippen molar-refractivity contribution in [2.24, 2.45) is 10.1 Å². The molecule has 0 radical (unpaired) electrons. The molecule has 1 aliphatic heterocycles. The minimum Gasteiger partial charge on any atom is -0.257 e. The normalized spacial score (nSPS) is 30.2. The Hall–Kier alpha value is -0.810. The number of fused-ring (bicyclic) bond motifs is 1. The molecule has 1 aromatic rings. The zero-order valence-corrected chi connectivity index (χ0v) is 12.9. The summed E-state index contributed by atoms with van der Waals surface area (Å²) >= 11 is 5.58. The van der Waals surface area contributed by atoms with Gasteiger partial charge in [-0.05, 0) is 18.4 Å². The fourth-order valence-corrected chi connectivity index (χ4v) is 4.65. The highest BCUT2D eigenvalue weighted by Crippen LogP contribution is 2.39. The average Bonchev–Trinajstić information content (AvgIpc) is 2.84. The number of hydrazone groups is 1. The van der Waals surface area contributed by atoms with E-state index in [4.69, 9.17) is 4.99 Å². The lowest BCUT2D eigenvalue weighted by molar-refractivity contribution is 0.475. The molecule has 1 saturated carbocycles. The molecule has 0 amide bonds. The van der Waals surface area contributed by atoms with E-state index < -0.39 is 0 Å². The number of aliphatic imine (C=N–C) groups is 1. The van der Waals surface area contributed by atoms with Crippen molar-refractivity contribution in [3.8, 4) is 0 Å². The van der Waals surface area contributed by atoms with Crippen LogP contribution in [0.5, 0.6) is 0 Å². The van der Waals surface area contributed by atoms with E-state index in [0.717, 1.165) is 10.7 Å². The molecular formula is C14H16BrN3S. The van der Waals surface area contributed by atoms with Crippen molar-refractivity contribution in [2.45, 2.75) is 35.4 Å². The number of benzene rings is 1. The maximum atomic E-state index is 4.72. The number of thioether (sulfide) groups is 1. The molecular weight excluding hydrogens is 322 g/mol. The third-order valence-electron chi connectivity index (χ3n) is 3.42. The summed E-state index contributed by atoms with van der Waals surface area (Å²) in [4.78, 5) is 5.30. The average molecular weight is 338 g/mol. The zero-order chi connectivity index (χ0) is 13.1. The Balaban J connectivity index is 1.58. The highest BCUT2D eigenvalue weighted by molar-refractivity contribution is 9.09. The predicted octanol–water partition coefficient (Wildman–Crippen LogP) is 3.40. The largest absolute Gasteiger partial charge is 0.257 e. The van der Waals surface area contributed by atoms with Crippen LogP contribution < -0.4 is 5.43 Å². The van der Waals surface area contributed by atoms with Gasteiger partial charge in [0, 0.05) is 10.1 Å². The third kappa shape index (κ3) is 3.20. The number of amidine groups is 1. The predicted molar refractivity (Wildman–Crippen MR) is 86.3 cm³/mol. The molecule has 3 nitrogen and oxygen atoms in total. The summed E-state index contributed by atoms with van der Waals surface area (Å²) in [6.45, 7) is 0. The van der Waals surface area contributed by atoms with Crippen molar-refractivity contribution in [3.05, 3.63) is 35.9 Å². The van der Waals surface area contributed by atoms with Gasteiger partial charge in [0.25, 0.3) is 0 Å². The summed E-state index contributed by atoms with van der Waals surface area (Å²) in [6, 6.07) is 10.5. The molecule has 3 rings (SSSR count). The van der Waals surface area contributed by atoms with Gasteiger partial charge in [-0.2, -0.15) is 5.10 Å². The minimum atomic E-state index is 0.456. The van der Waals surface area contributed by atoms with Crippen LogP contribution in [0.1, 0.15) is 24.8 Å². The van der Waals surface area contributed by atoms with Gasteiger partial charge in [-0.15, -0.1) is 0 Å². The highest BCUT2D eigenvalue weighted by atomic mass is 79.9. The second-order valence-electron chi connectivity index (χ2n) is 4.81. The fraction of sp³-hybridized carbons (Fsp3) is 0.429. The summed E-state index contributed by atoms with van der Waals surface area (Å²) < 4.78 is 0. The van der Waals surface area contributed by atoms with E-state index in [1.54, 1.807) is 0 Å². The number of hydrogen-bond donors (Lipinski definition) is 1. The Labute approximate surface area is 126 Å². The first-order chi connectivity index (χ1) is 9.33. The van der Waals surface area contributed by atoms with Crippen LogP contribution >= 0.6 is 27.7 Å². The van der Waals surface area contributed by atoms with Crippen LogP contribution in [0.2, 0.25) is 0 Å². The minimum absolute atomic E-state index is 0.456. The molecule has 1 heterocycles. The first-order valence-corrected chi connectivity index (χ1v) is 8.35. The molecule has 3 atom stereocenters. The Morgan fingerprint density at radius 3 is 2.95 bits per heavy atom. The van der Waals surface area contributed by atoms with Gasteiger partial charge in [-0.3, -0.25) is 10.4 Å². The van der Waals surface area contributed by atoms with Crippen LogP contribution in [0.25, 0.3) is 0 Å². The van der Waals surface area contributed by atoms with E-state index >= 15 is 0 Å². The number of halogens is 1. The number of alkyl halides is 1. The van der Waals surface area contributed by atoms with Crippen molar-refractivity contribution >= 4 is 39.1 Å². The van der Waals surface area contributed by atoms with Crippen LogP contribution in [0, 0.1) is 0 Å². The lowest BCUT2D eigenvalue weighted by atomic mass is 9.95. The number of nitrogens with zero attached hydrogens (tertiary/aromatic N) is 2. The molecule has 0 aromatic heterocycles. The first kappa shape index (κ1) is 13.2. The standard InChI is InChI=1S/C14H16BrN3S/c15-11-7-4-8-12-13(11)19-14(17-12)18-16-9-10-5-2-1-3-6-10/h1-3,5-6,9,11-13H,4,7-8H2,(H,17,18)/b16-9-/t11-,12-,13-/m1/s1. The number of nitrogens with one attached hydrogen (secondary N) is 1. The smallest absolute Gasteiger partial charge is 0.177 e. The molecule has 1 fully saturated rings. The Morgan fingerprint density at radius 2 is 2.16 bits per heavy atom. The van der Waals surface area contributed by atoms with Crippen molar-refractivity contribution in [1.29, 1.82) is 0 Å². The van der Waals surface area contributed by atoms with Crippen LogP contribution in [-0.4, -0.2) is 27.5 Å². The van der Waals surface area contributed by atoms with Crippen LogP contribution in [-0.2, 0) is 0 Å². The van der Waals surface area contributed by atoms with Crippen molar-refractivity contribution in [2.75, 3.05) is 0 Å². The van der Waals surface area contributed by atoms with Gasteiger partial charge in [-0.25, -0.2) is 0 Å². The highest BCUT2D eigenvalue weighted by Gasteiger charge is 2.37. The van der Waals surface area contributed by atoms with Gasteiger partial charge in [0.05, 0.1) is 12.3 Å². The molecule has 5 heteroatoms. The quantitative estimate of drug-likeness (QED) is 0.510. The Kier molecular flexibility index (Phi) is 4.23. The zero-order valence-electron chi connectivity index (χ0n) is 10.5. The van der Waals surface area contributed by atoms with Crippen LogP contribution in [0.3, 0.4) is 0 Å². The summed E-state index contributed by atoms with van der Waals surface area (Å²) in [5.41, 5.74) is 4.16. The maximum Gasteiger partial charge on any atom is 0.177 e. The molecule has 0 bridgehead atoms. The lowest BCUT2D eigenvalue weighted by Gasteiger charge is -2.27. The molecule has 0 spiro atoms. The summed E-state index contributed by atoms with van der Waals surface area (Å²) in [5, 5.41) is 5.79. The topological polar surface area (TPSA) is 36.8 Å². The second-order valence-corrected chi connectivity index (χ2v) is 7.15. The van der Waals surface area contributed by atoms with E-state index in [1.165, 1.54) is 19.3 Å². The first-order valence-electron chi connectivity index (χ1n) is 6.55. The molecule has 0 saturated heterocycles. The maximum absolute atomic E-state index is 4.72. The third-order valence-corrected chi connectivity index (χ3v) is 6.13. The van der Waals surface area contributed by atoms with Crippen LogP contribution in [0.15, 0.2) is 40.4 Å². The van der Waals surface area contributed by atoms with E-state index in [0.29, 0.717) is 16.1 Å². The molecule has 1 aromatic carbocycles. The fourth-order valence-electron chi connectivity index (χ4n) is 2.45. The van der Waals surface area contributed by atoms with E-state index in [1.807, 2.05) is 48.3 Å². The molecule has 1 aliphatic carbocycles. The van der Waals surface area contributed by atoms with Crippen LogP contribution in [0.4, 0.5) is 0 Å². The summed E-state index contributed by atoms with van der Waals surface area (Å²) in [5.74, 6) is 0. The molecule has 19 heavy (non-hydrogen) atoms. The summed E-state index contributed by atoms with van der Waals surface area (Å²) in [6.07, 6.45) is 5.55. The summed E-state index contributed by atoms with van der Waals surface area (Å²) in [7, 11) is 0. The van der Waals surface area contributed by atoms with E-state index in [9.17, 15) is 0 Å². The molecule has 1 N–H and O–H groups in total. The monoisotopic (exact) mass is 337 g/mol. The van der Waals surface area contributed by atoms with Gasteiger partial charge in [-0.1, -0.05) is 64.4 Å². The van der Waals surface area contributed by atoms with Crippen molar-refractivity contribution < 1.29 is 0 Å². The van der Waals surface area contributed by atoms with Gasteiger partial charge in [0.2, 0.25) is 0 Å². The molecule has 100 valence electrons. The SMILES string of the molecule is Br[C@@H]1CCC[C@H]2N=C(N/N=C\c3ccccc3)S[C@H]12. The van der Waals surface area contributed by atoms with Gasteiger partial charge < -0.3 is 0 Å². The van der Waals surface area contributed by atoms with E-state index in [2.05, 4.69) is 26.5 Å². The van der Waals surface area contributed by atoms with Gasteiger partial charge in [0.1, 0.15) is 0 Å². The van der Waals surface area contributed by atoms with Gasteiger partial charge in [0.15, 0.2) is 5.17 Å². The van der Waals surface area contributed by atoms with E-state index in [-0.39, 0.29) is 0 Å². The second kappa shape index (κ2) is 6.09. The molecule has 0 unspecified atom stereocenters. The number of rotatable bonds is 2. The lowest BCUT2D eigenvalue weighted by Crippen LogP contribution is -2.31. The molecule has 2 aliphatic rings. The van der Waals surface area contributed by atoms with Crippen molar-refractivity contribution in [3.63, 3.8) is 0 Å². The van der Waals surface area contributed by atoms with Crippen molar-refractivity contribution in [1.82, 2.24) is 5.43 Å².